The third-order valence-corrected chi connectivity index (χ3v) is 6.11. The zero-order valence-electron chi connectivity index (χ0n) is 12.4. The van der Waals surface area contributed by atoms with Crippen molar-refractivity contribution in [2.45, 2.75) is 51.5 Å². The molecule has 3 nitrogen and oxygen atoms in total. The first kappa shape index (κ1) is 16.0. The van der Waals surface area contributed by atoms with Gasteiger partial charge in [0.2, 0.25) is 0 Å². The van der Waals surface area contributed by atoms with Crippen LogP contribution < -0.4 is 5.32 Å². The number of hydrogen-bond donors (Lipinski definition) is 1. The van der Waals surface area contributed by atoms with Crippen LogP contribution in [0.1, 0.15) is 54.0 Å². The van der Waals surface area contributed by atoms with Crippen molar-refractivity contribution >= 4 is 21.2 Å². The Morgan fingerprint density at radius 3 is 2.75 bits per heavy atom. The minimum absolute atomic E-state index is 0.195. The van der Waals surface area contributed by atoms with Crippen LogP contribution in [0.3, 0.4) is 0 Å². The first-order valence-corrected chi connectivity index (χ1v) is 10.4. The largest absolute Gasteiger partial charge is 0.309 e. The Bertz CT molecular complexity index is 511. The van der Waals surface area contributed by atoms with Gasteiger partial charge in [0.15, 0.2) is 0 Å². The monoisotopic (exact) mass is 315 g/mol. The van der Waals surface area contributed by atoms with Crippen LogP contribution in [0.5, 0.6) is 0 Å². The van der Waals surface area contributed by atoms with Crippen LogP contribution >= 0.6 is 11.3 Å². The summed E-state index contributed by atoms with van der Waals surface area (Å²) >= 11 is 1.89. The molecule has 0 saturated heterocycles. The van der Waals surface area contributed by atoms with E-state index in [0.717, 1.165) is 13.0 Å². The molecule has 0 bridgehead atoms. The van der Waals surface area contributed by atoms with Crippen molar-refractivity contribution in [3.63, 3.8) is 0 Å². The summed E-state index contributed by atoms with van der Waals surface area (Å²) in [5.41, 5.74) is 1.50. The minimum atomic E-state index is -2.89. The standard InChI is InChI=1S/C15H25NO2S2/c1-3-9-16-13(8-10-20(2,17)18)15-11-12-6-4-5-7-14(12)19-15/h11,13,16H,3-10H2,1-2H3. The molecule has 1 aromatic heterocycles. The molecule has 0 saturated carbocycles. The van der Waals surface area contributed by atoms with Crippen LogP contribution in [0, 0.1) is 0 Å². The van der Waals surface area contributed by atoms with E-state index in [4.69, 9.17) is 0 Å². The van der Waals surface area contributed by atoms with E-state index in [2.05, 4.69) is 18.3 Å². The van der Waals surface area contributed by atoms with Gasteiger partial charge in [-0.15, -0.1) is 11.3 Å². The lowest BCUT2D eigenvalue weighted by Crippen LogP contribution is -2.23. The first-order chi connectivity index (χ1) is 9.49. The Labute approximate surface area is 126 Å². The lowest BCUT2D eigenvalue weighted by Gasteiger charge is -2.16. The fraction of sp³-hybridized carbons (Fsp3) is 0.733. The van der Waals surface area contributed by atoms with Crippen molar-refractivity contribution in [1.82, 2.24) is 5.32 Å². The molecule has 0 amide bonds. The van der Waals surface area contributed by atoms with Gasteiger partial charge in [-0.05, 0) is 56.7 Å². The van der Waals surface area contributed by atoms with E-state index in [1.807, 2.05) is 11.3 Å². The van der Waals surface area contributed by atoms with E-state index in [-0.39, 0.29) is 11.8 Å². The molecule has 0 aromatic carbocycles. The number of thiophene rings is 1. The molecule has 20 heavy (non-hydrogen) atoms. The number of rotatable bonds is 7. The lowest BCUT2D eigenvalue weighted by atomic mass is 9.98. The molecule has 1 atom stereocenters. The molecule has 1 aromatic rings. The van der Waals surface area contributed by atoms with Gasteiger partial charge in [0, 0.05) is 22.1 Å². The fourth-order valence-electron chi connectivity index (χ4n) is 2.68. The Morgan fingerprint density at radius 2 is 2.10 bits per heavy atom. The maximum absolute atomic E-state index is 11.4. The van der Waals surface area contributed by atoms with Gasteiger partial charge in [0.05, 0.1) is 5.75 Å². The smallest absolute Gasteiger partial charge is 0.147 e. The number of fused-ring (bicyclic) bond motifs is 1. The summed E-state index contributed by atoms with van der Waals surface area (Å²) in [6, 6.07) is 2.51. The molecule has 0 fully saturated rings. The summed E-state index contributed by atoms with van der Waals surface area (Å²) in [6.07, 6.45) is 8.05. The normalized spacial score (nSPS) is 16.9. The van der Waals surface area contributed by atoms with E-state index in [1.165, 1.54) is 47.3 Å². The lowest BCUT2D eigenvalue weighted by molar-refractivity contribution is 0.520. The molecule has 2 rings (SSSR count). The highest BCUT2D eigenvalue weighted by molar-refractivity contribution is 7.90. The predicted molar refractivity (Wildman–Crippen MR) is 86.3 cm³/mol. The second-order valence-corrected chi connectivity index (χ2v) is 9.16. The fourth-order valence-corrected chi connectivity index (χ4v) is 4.71. The third kappa shape index (κ3) is 4.57. The average molecular weight is 316 g/mol. The summed E-state index contributed by atoms with van der Waals surface area (Å²) in [7, 11) is -2.89. The number of aryl methyl sites for hydroxylation is 2. The van der Waals surface area contributed by atoms with E-state index in [1.54, 1.807) is 0 Å². The molecule has 0 aliphatic heterocycles. The van der Waals surface area contributed by atoms with Gasteiger partial charge < -0.3 is 5.32 Å². The maximum atomic E-state index is 11.4. The predicted octanol–water partition coefficient (Wildman–Crippen LogP) is 3.10. The van der Waals surface area contributed by atoms with Gasteiger partial charge in [-0.2, -0.15) is 0 Å². The van der Waals surface area contributed by atoms with Crippen LogP contribution in [-0.2, 0) is 22.7 Å². The van der Waals surface area contributed by atoms with Crippen molar-refractivity contribution in [3.8, 4) is 0 Å². The summed E-state index contributed by atoms with van der Waals surface area (Å²) < 4.78 is 22.8. The summed E-state index contributed by atoms with van der Waals surface area (Å²) in [5, 5.41) is 3.51. The Morgan fingerprint density at radius 1 is 1.35 bits per heavy atom. The summed E-state index contributed by atoms with van der Waals surface area (Å²) in [4.78, 5) is 2.85. The van der Waals surface area contributed by atoms with Crippen molar-refractivity contribution in [2.24, 2.45) is 0 Å². The zero-order valence-corrected chi connectivity index (χ0v) is 14.1. The van der Waals surface area contributed by atoms with Crippen LogP contribution in [0.4, 0.5) is 0 Å². The van der Waals surface area contributed by atoms with Gasteiger partial charge in [0.25, 0.3) is 0 Å². The molecule has 0 spiro atoms. The van der Waals surface area contributed by atoms with Crippen LogP contribution in [-0.4, -0.2) is 27.0 Å². The highest BCUT2D eigenvalue weighted by atomic mass is 32.2. The molecular weight excluding hydrogens is 290 g/mol. The highest BCUT2D eigenvalue weighted by Crippen LogP contribution is 2.34. The molecule has 5 heteroatoms. The van der Waals surface area contributed by atoms with E-state index >= 15 is 0 Å². The molecule has 0 radical (unpaired) electrons. The van der Waals surface area contributed by atoms with E-state index < -0.39 is 9.84 Å². The average Bonchev–Trinajstić information content (AvgIpc) is 2.81. The molecule has 114 valence electrons. The Kier molecular flexibility index (Phi) is 5.64. The van der Waals surface area contributed by atoms with Gasteiger partial charge in [-0.3, -0.25) is 0 Å². The van der Waals surface area contributed by atoms with Crippen molar-refractivity contribution in [2.75, 3.05) is 18.6 Å². The quantitative estimate of drug-likeness (QED) is 0.841. The number of nitrogens with one attached hydrogen (secondary N) is 1. The summed E-state index contributed by atoms with van der Waals surface area (Å²) in [6.45, 7) is 3.08. The minimum Gasteiger partial charge on any atom is -0.309 e. The Balaban J connectivity index is 2.10. The van der Waals surface area contributed by atoms with Crippen LogP contribution in [0.15, 0.2) is 6.07 Å². The molecular formula is C15H25NO2S2. The molecule has 1 aliphatic carbocycles. The Hall–Kier alpha value is -0.390. The SMILES string of the molecule is CCCNC(CCS(C)(=O)=O)c1cc2c(s1)CCCC2. The molecule has 1 unspecified atom stereocenters. The topological polar surface area (TPSA) is 46.2 Å². The number of hydrogen-bond acceptors (Lipinski definition) is 4. The van der Waals surface area contributed by atoms with Gasteiger partial charge in [0.1, 0.15) is 9.84 Å². The van der Waals surface area contributed by atoms with Gasteiger partial charge in [-0.1, -0.05) is 6.92 Å². The highest BCUT2D eigenvalue weighted by Gasteiger charge is 2.20. The molecule has 1 N–H and O–H groups in total. The second-order valence-electron chi connectivity index (χ2n) is 5.73. The zero-order chi connectivity index (χ0) is 14.6. The van der Waals surface area contributed by atoms with Gasteiger partial charge in [-0.25, -0.2) is 8.42 Å². The van der Waals surface area contributed by atoms with Gasteiger partial charge >= 0.3 is 0 Å². The van der Waals surface area contributed by atoms with Crippen LogP contribution in [0.2, 0.25) is 0 Å². The maximum Gasteiger partial charge on any atom is 0.147 e. The number of sulfone groups is 1. The van der Waals surface area contributed by atoms with E-state index in [9.17, 15) is 8.42 Å². The second kappa shape index (κ2) is 7.05. The van der Waals surface area contributed by atoms with Crippen molar-refractivity contribution < 1.29 is 8.42 Å². The summed E-state index contributed by atoms with van der Waals surface area (Å²) in [5.74, 6) is 0.261. The van der Waals surface area contributed by atoms with Crippen LogP contribution in [0.25, 0.3) is 0 Å². The third-order valence-electron chi connectivity index (χ3n) is 3.78. The van der Waals surface area contributed by atoms with Crippen molar-refractivity contribution in [3.05, 3.63) is 21.4 Å². The molecule has 1 heterocycles. The van der Waals surface area contributed by atoms with E-state index in [0.29, 0.717) is 6.42 Å². The first-order valence-electron chi connectivity index (χ1n) is 7.52. The van der Waals surface area contributed by atoms with Crippen molar-refractivity contribution in [1.29, 1.82) is 0 Å². The molecule has 1 aliphatic rings.